The molecule has 0 bridgehead atoms. The standard InChI is InChI=1S/C38H30O4/c1-23-13-15-29(21-25(23)3)37(39)41-33-19-17-27-9-5-7-11-31(27)35(33)36-32-12-8-6-10-28(32)18-20-34(36)42-38(40)30-16-14-24(2)26(4)22-30/h5-22H,1-4H3. The number of hydrogen-bond acceptors (Lipinski definition) is 4. The molecule has 0 spiro atoms. The Morgan fingerprint density at radius 2 is 0.857 bits per heavy atom. The average molecular weight is 551 g/mol. The van der Waals surface area contributed by atoms with Crippen molar-refractivity contribution in [3.05, 3.63) is 143 Å². The molecule has 0 aliphatic carbocycles. The second-order valence-electron chi connectivity index (χ2n) is 10.7. The highest BCUT2D eigenvalue weighted by Gasteiger charge is 2.23. The Balaban J connectivity index is 1.55. The van der Waals surface area contributed by atoms with E-state index in [1.54, 1.807) is 12.1 Å². The van der Waals surface area contributed by atoms with Crippen LogP contribution in [0.15, 0.2) is 109 Å². The summed E-state index contributed by atoms with van der Waals surface area (Å²) in [4.78, 5) is 26.9. The van der Waals surface area contributed by atoms with Crippen LogP contribution < -0.4 is 9.47 Å². The van der Waals surface area contributed by atoms with E-state index >= 15 is 0 Å². The maximum atomic E-state index is 13.5. The Labute approximate surface area is 245 Å². The molecule has 42 heavy (non-hydrogen) atoms. The fraction of sp³-hybridized carbons (Fsp3) is 0.105. The van der Waals surface area contributed by atoms with Crippen molar-refractivity contribution < 1.29 is 19.1 Å². The molecule has 206 valence electrons. The van der Waals surface area contributed by atoms with E-state index in [0.29, 0.717) is 33.8 Å². The first kappa shape index (κ1) is 27.0. The van der Waals surface area contributed by atoms with Gasteiger partial charge in [-0.3, -0.25) is 0 Å². The SMILES string of the molecule is Cc1ccc(C(=O)Oc2ccc3ccccc3c2-c2c(OC(=O)c3ccc(C)c(C)c3)ccc3ccccc23)cc1C. The fourth-order valence-corrected chi connectivity index (χ4v) is 5.24. The maximum absolute atomic E-state index is 13.5. The van der Waals surface area contributed by atoms with Crippen LogP contribution in [0.3, 0.4) is 0 Å². The third-order valence-electron chi connectivity index (χ3n) is 7.92. The molecular formula is C38H30O4. The van der Waals surface area contributed by atoms with Gasteiger partial charge in [0, 0.05) is 11.1 Å². The van der Waals surface area contributed by atoms with Crippen molar-refractivity contribution in [2.24, 2.45) is 0 Å². The van der Waals surface area contributed by atoms with Crippen LogP contribution in [0.5, 0.6) is 11.5 Å². The lowest BCUT2D eigenvalue weighted by Crippen LogP contribution is -2.11. The summed E-state index contributed by atoms with van der Waals surface area (Å²) in [5.41, 5.74) is 6.53. The van der Waals surface area contributed by atoms with Crippen molar-refractivity contribution in [3.8, 4) is 22.6 Å². The van der Waals surface area contributed by atoms with Gasteiger partial charge in [0.05, 0.1) is 11.1 Å². The van der Waals surface area contributed by atoms with Crippen molar-refractivity contribution in [1.82, 2.24) is 0 Å². The van der Waals surface area contributed by atoms with E-state index in [1.807, 2.05) is 125 Å². The van der Waals surface area contributed by atoms with Crippen LogP contribution in [0.2, 0.25) is 0 Å². The van der Waals surface area contributed by atoms with Crippen LogP contribution in [0, 0.1) is 27.7 Å². The van der Waals surface area contributed by atoms with Crippen molar-refractivity contribution in [1.29, 1.82) is 0 Å². The number of carbonyl (C=O) groups excluding carboxylic acids is 2. The van der Waals surface area contributed by atoms with E-state index in [1.165, 1.54) is 0 Å². The first-order chi connectivity index (χ1) is 20.3. The molecule has 0 atom stereocenters. The summed E-state index contributed by atoms with van der Waals surface area (Å²) in [5, 5.41) is 3.70. The lowest BCUT2D eigenvalue weighted by atomic mass is 9.92. The zero-order valence-electron chi connectivity index (χ0n) is 24.0. The Bertz CT molecular complexity index is 1870. The third-order valence-corrected chi connectivity index (χ3v) is 7.92. The van der Waals surface area contributed by atoms with Gasteiger partial charge in [-0.25, -0.2) is 9.59 Å². The highest BCUT2D eigenvalue weighted by molar-refractivity contribution is 6.11. The van der Waals surface area contributed by atoms with Gasteiger partial charge in [-0.05, 0) is 108 Å². The predicted octanol–water partition coefficient (Wildman–Crippen LogP) is 9.33. The molecule has 0 radical (unpaired) electrons. The summed E-state index contributed by atoms with van der Waals surface area (Å²) < 4.78 is 12.3. The van der Waals surface area contributed by atoms with E-state index < -0.39 is 11.9 Å². The number of rotatable bonds is 5. The van der Waals surface area contributed by atoms with Gasteiger partial charge in [0.1, 0.15) is 11.5 Å². The topological polar surface area (TPSA) is 52.6 Å². The van der Waals surface area contributed by atoms with Gasteiger partial charge >= 0.3 is 11.9 Å². The second kappa shape index (κ2) is 11.0. The number of fused-ring (bicyclic) bond motifs is 2. The maximum Gasteiger partial charge on any atom is 0.343 e. The minimum atomic E-state index is -0.455. The third kappa shape index (κ3) is 5.04. The number of esters is 2. The summed E-state index contributed by atoms with van der Waals surface area (Å²) in [6.45, 7) is 7.96. The molecule has 0 aromatic heterocycles. The van der Waals surface area contributed by atoms with Crippen molar-refractivity contribution in [2.75, 3.05) is 0 Å². The molecule has 6 rings (SSSR count). The smallest absolute Gasteiger partial charge is 0.343 e. The quantitative estimate of drug-likeness (QED) is 0.159. The fourth-order valence-electron chi connectivity index (χ4n) is 5.24. The summed E-state index contributed by atoms with van der Waals surface area (Å²) in [5.74, 6) is -0.138. The van der Waals surface area contributed by atoms with Gasteiger partial charge < -0.3 is 9.47 Å². The van der Waals surface area contributed by atoms with Gasteiger partial charge in [-0.1, -0.05) is 72.8 Å². The molecule has 0 N–H and O–H groups in total. The van der Waals surface area contributed by atoms with Crippen LogP contribution in [0.25, 0.3) is 32.7 Å². The molecule has 4 heteroatoms. The zero-order valence-corrected chi connectivity index (χ0v) is 24.0. The van der Waals surface area contributed by atoms with E-state index in [2.05, 4.69) is 0 Å². The van der Waals surface area contributed by atoms with Crippen LogP contribution in [-0.4, -0.2) is 11.9 Å². The van der Waals surface area contributed by atoms with Crippen LogP contribution in [0.4, 0.5) is 0 Å². The van der Waals surface area contributed by atoms with Crippen LogP contribution >= 0.6 is 0 Å². The average Bonchev–Trinajstić information content (AvgIpc) is 3.00. The number of ether oxygens (including phenoxy) is 2. The monoisotopic (exact) mass is 550 g/mol. The van der Waals surface area contributed by atoms with Crippen molar-refractivity contribution in [3.63, 3.8) is 0 Å². The number of aryl methyl sites for hydroxylation is 4. The Morgan fingerprint density at radius 3 is 1.26 bits per heavy atom. The first-order valence-electron chi connectivity index (χ1n) is 13.9. The molecule has 0 saturated carbocycles. The molecule has 0 aliphatic rings. The predicted molar refractivity (Wildman–Crippen MR) is 169 cm³/mol. The lowest BCUT2D eigenvalue weighted by molar-refractivity contribution is 0.0723. The number of carbonyl (C=O) groups is 2. The van der Waals surface area contributed by atoms with Gasteiger partial charge in [0.15, 0.2) is 0 Å². The van der Waals surface area contributed by atoms with E-state index in [0.717, 1.165) is 43.8 Å². The molecule has 6 aromatic rings. The minimum absolute atomic E-state index is 0.386. The molecule has 0 fully saturated rings. The molecular weight excluding hydrogens is 520 g/mol. The van der Waals surface area contributed by atoms with Crippen molar-refractivity contribution >= 4 is 33.5 Å². The van der Waals surface area contributed by atoms with E-state index in [-0.39, 0.29) is 0 Å². The van der Waals surface area contributed by atoms with Gasteiger partial charge in [0.2, 0.25) is 0 Å². The first-order valence-corrected chi connectivity index (χ1v) is 13.9. The molecule has 0 heterocycles. The Hall–Kier alpha value is -5.22. The minimum Gasteiger partial charge on any atom is -0.422 e. The summed E-state index contributed by atoms with van der Waals surface area (Å²) in [6.07, 6.45) is 0. The Kier molecular flexibility index (Phi) is 7.05. The normalized spacial score (nSPS) is 11.0. The van der Waals surface area contributed by atoms with E-state index in [4.69, 9.17) is 9.47 Å². The molecule has 4 nitrogen and oxygen atoms in total. The Morgan fingerprint density at radius 1 is 0.452 bits per heavy atom. The highest BCUT2D eigenvalue weighted by Crippen LogP contribution is 2.46. The van der Waals surface area contributed by atoms with Crippen LogP contribution in [-0.2, 0) is 0 Å². The van der Waals surface area contributed by atoms with Crippen LogP contribution in [0.1, 0.15) is 43.0 Å². The van der Waals surface area contributed by atoms with Gasteiger partial charge in [0.25, 0.3) is 0 Å². The van der Waals surface area contributed by atoms with E-state index in [9.17, 15) is 9.59 Å². The summed E-state index contributed by atoms with van der Waals surface area (Å²) in [7, 11) is 0. The summed E-state index contributed by atoms with van der Waals surface area (Å²) in [6, 6.07) is 34.4. The molecule has 0 unspecified atom stereocenters. The number of hydrogen-bond donors (Lipinski definition) is 0. The second-order valence-corrected chi connectivity index (χ2v) is 10.7. The molecule has 0 aliphatic heterocycles. The highest BCUT2D eigenvalue weighted by atomic mass is 16.5. The zero-order chi connectivity index (χ0) is 29.4. The van der Waals surface area contributed by atoms with Crippen molar-refractivity contribution in [2.45, 2.75) is 27.7 Å². The summed E-state index contributed by atoms with van der Waals surface area (Å²) >= 11 is 0. The molecule has 6 aromatic carbocycles. The van der Waals surface area contributed by atoms with Gasteiger partial charge in [-0.15, -0.1) is 0 Å². The molecule has 0 amide bonds. The van der Waals surface area contributed by atoms with Gasteiger partial charge in [-0.2, -0.15) is 0 Å². The largest absolute Gasteiger partial charge is 0.422 e. The lowest BCUT2D eigenvalue weighted by Gasteiger charge is -2.19. The number of benzene rings is 6. The molecule has 0 saturated heterocycles.